The van der Waals surface area contributed by atoms with Crippen LogP contribution in [0.25, 0.3) is 6.08 Å². The Morgan fingerprint density at radius 2 is 2.25 bits per heavy atom. The zero-order valence-electron chi connectivity index (χ0n) is 6.37. The lowest BCUT2D eigenvalue weighted by atomic mass is 10.2. The molecule has 1 aromatic carbocycles. The maximum Gasteiger partial charge on any atom is 0.164 e. The van der Waals surface area contributed by atoms with Crippen LogP contribution in [0.2, 0.25) is 0 Å². The molecule has 0 radical (unpaired) electrons. The number of phenols is 1. The maximum atomic E-state index is 12.5. The molecule has 0 heterocycles. The first kappa shape index (κ1) is 9.13. The first-order valence-electron chi connectivity index (χ1n) is 3.50. The number of aromatic hydroxyl groups is 1. The predicted octanol–water partition coefficient (Wildman–Crippen LogP) is 2.47. The van der Waals surface area contributed by atoms with Crippen molar-refractivity contribution in [2.24, 2.45) is 0 Å². The number of benzene rings is 1. The summed E-state index contributed by atoms with van der Waals surface area (Å²) in [4.78, 5) is 0. The van der Waals surface area contributed by atoms with Gasteiger partial charge in [-0.15, -0.1) is 0 Å². The SMILES string of the molecule is Oc1cc(C=CCS)ccc1F. The van der Waals surface area contributed by atoms with E-state index in [4.69, 9.17) is 5.11 Å². The molecule has 0 saturated heterocycles. The van der Waals surface area contributed by atoms with E-state index >= 15 is 0 Å². The molecule has 1 N–H and O–H groups in total. The third kappa shape index (κ3) is 2.27. The highest BCUT2D eigenvalue weighted by Crippen LogP contribution is 2.17. The van der Waals surface area contributed by atoms with Crippen molar-refractivity contribution >= 4 is 18.7 Å². The molecule has 0 aromatic heterocycles. The molecule has 0 aliphatic carbocycles. The summed E-state index contributed by atoms with van der Waals surface area (Å²) in [5, 5.41) is 8.97. The lowest BCUT2D eigenvalue weighted by Crippen LogP contribution is -1.77. The largest absolute Gasteiger partial charge is 0.505 e. The normalized spacial score (nSPS) is 10.8. The molecule has 0 aliphatic heterocycles. The molecule has 0 bridgehead atoms. The highest BCUT2D eigenvalue weighted by molar-refractivity contribution is 7.80. The average Bonchev–Trinajstić information content (AvgIpc) is 2.07. The Bertz CT molecular complexity index is 297. The average molecular weight is 184 g/mol. The third-order valence-corrected chi connectivity index (χ3v) is 1.60. The van der Waals surface area contributed by atoms with Gasteiger partial charge in [0.1, 0.15) is 0 Å². The number of halogens is 1. The Balaban J connectivity index is 2.89. The van der Waals surface area contributed by atoms with E-state index in [1.807, 2.05) is 6.08 Å². The summed E-state index contributed by atoms with van der Waals surface area (Å²) in [5.74, 6) is -0.299. The number of hydrogen-bond acceptors (Lipinski definition) is 2. The standard InChI is InChI=1S/C9H9FOS/c10-8-4-3-7(2-1-5-12)6-9(8)11/h1-4,6,11-12H,5H2. The van der Waals surface area contributed by atoms with Gasteiger partial charge in [-0.2, -0.15) is 12.6 Å². The molecule has 3 heteroatoms. The summed E-state index contributed by atoms with van der Waals surface area (Å²) in [6.07, 6.45) is 3.59. The summed E-state index contributed by atoms with van der Waals surface area (Å²) in [6.45, 7) is 0. The Labute approximate surface area is 76.0 Å². The first-order valence-corrected chi connectivity index (χ1v) is 4.13. The van der Waals surface area contributed by atoms with Gasteiger partial charge in [0.15, 0.2) is 11.6 Å². The van der Waals surface area contributed by atoms with Crippen LogP contribution >= 0.6 is 12.6 Å². The van der Waals surface area contributed by atoms with E-state index in [-0.39, 0.29) is 5.75 Å². The zero-order chi connectivity index (χ0) is 8.97. The molecule has 0 unspecified atom stereocenters. The van der Waals surface area contributed by atoms with Crippen LogP contribution < -0.4 is 0 Å². The molecule has 0 spiro atoms. The van der Waals surface area contributed by atoms with Crippen LogP contribution in [0, 0.1) is 5.82 Å². The number of phenolic OH excluding ortho intramolecular Hbond substituents is 1. The highest BCUT2D eigenvalue weighted by Gasteiger charge is 1.97. The predicted molar refractivity (Wildman–Crippen MR) is 51.0 cm³/mol. The summed E-state index contributed by atoms with van der Waals surface area (Å²) in [5.41, 5.74) is 0.767. The van der Waals surface area contributed by atoms with E-state index in [0.717, 1.165) is 5.56 Å². The molecule has 1 aromatic rings. The van der Waals surface area contributed by atoms with Crippen LogP contribution in [0.5, 0.6) is 5.75 Å². The van der Waals surface area contributed by atoms with Crippen molar-refractivity contribution in [2.75, 3.05) is 5.75 Å². The summed E-state index contributed by atoms with van der Waals surface area (Å²) in [7, 11) is 0. The fourth-order valence-corrected chi connectivity index (χ4v) is 0.928. The van der Waals surface area contributed by atoms with E-state index in [1.54, 1.807) is 12.1 Å². The number of thiol groups is 1. The van der Waals surface area contributed by atoms with Gasteiger partial charge in [-0.3, -0.25) is 0 Å². The van der Waals surface area contributed by atoms with Crippen LogP contribution in [0.4, 0.5) is 4.39 Å². The third-order valence-electron chi connectivity index (χ3n) is 1.39. The number of rotatable bonds is 2. The van der Waals surface area contributed by atoms with Crippen molar-refractivity contribution in [3.63, 3.8) is 0 Å². The molecule has 1 rings (SSSR count). The molecule has 0 saturated carbocycles. The van der Waals surface area contributed by atoms with Crippen LogP contribution in [-0.4, -0.2) is 10.9 Å². The van der Waals surface area contributed by atoms with Crippen molar-refractivity contribution in [3.05, 3.63) is 35.7 Å². The Hall–Kier alpha value is -0.960. The van der Waals surface area contributed by atoms with E-state index in [2.05, 4.69) is 12.6 Å². The van der Waals surface area contributed by atoms with Gasteiger partial charge in [0.25, 0.3) is 0 Å². The van der Waals surface area contributed by atoms with Crippen LogP contribution in [0.15, 0.2) is 24.3 Å². The summed E-state index contributed by atoms with van der Waals surface area (Å²) < 4.78 is 12.5. The smallest absolute Gasteiger partial charge is 0.164 e. The minimum Gasteiger partial charge on any atom is -0.505 e. The molecule has 0 amide bonds. The van der Waals surface area contributed by atoms with Gasteiger partial charge in [-0.25, -0.2) is 4.39 Å². The van der Waals surface area contributed by atoms with E-state index < -0.39 is 5.82 Å². The quantitative estimate of drug-likeness (QED) is 0.676. The van der Waals surface area contributed by atoms with Crippen LogP contribution in [-0.2, 0) is 0 Å². The lowest BCUT2D eigenvalue weighted by molar-refractivity contribution is 0.432. The molecule has 64 valence electrons. The fourth-order valence-electron chi connectivity index (χ4n) is 0.822. The van der Waals surface area contributed by atoms with Crippen molar-refractivity contribution in [1.29, 1.82) is 0 Å². The maximum absolute atomic E-state index is 12.5. The molecule has 0 atom stereocenters. The van der Waals surface area contributed by atoms with Gasteiger partial charge in [0.05, 0.1) is 0 Å². The van der Waals surface area contributed by atoms with Crippen LogP contribution in [0.1, 0.15) is 5.56 Å². The van der Waals surface area contributed by atoms with Crippen molar-refractivity contribution < 1.29 is 9.50 Å². The Morgan fingerprint density at radius 3 is 2.83 bits per heavy atom. The second kappa shape index (κ2) is 4.16. The highest BCUT2D eigenvalue weighted by atomic mass is 32.1. The molecular formula is C9H9FOS. The molecule has 12 heavy (non-hydrogen) atoms. The van der Waals surface area contributed by atoms with Gasteiger partial charge >= 0.3 is 0 Å². The summed E-state index contributed by atoms with van der Waals surface area (Å²) >= 11 is 3.97. The molecule has 0 fully saturated rings. The Morgan fingerprint density at radius 1 is 1.50 bits per heavy atom. The van der Waals surface area contributed by atoms with Gasteiger partial charge in [0, 0.05) is 5.75 Å². The van der Waals surface area contributed by atoms with Gasteiger partial charge in [0.2, 0.25) is 0 Å². The fraction of sp³-hybridized carbons (Fsp3) is 0.111. The molecule has 1 nitrogen and oxygen atoms in total. The van der Waals surface area contributed by atoms with Crippen molar-refractivity contribution in [2.45, 2.75) is 0 Å². The van der Waals surface area contributed by atoms with Gasteiger partial charge in [-0.05, 0) is 17.7 Å². The van der Waals surface area contributed by atoms with E-state index in [9.17, 15) is 4.39 Å². The minimum absolute atomic E-state index is 0.323. The zero-order valence-corrected chi connectivity index (χ0v) is 7.26. The second-order valence-corrected chi connectivity index (χ2v) is 2.66. The van der Waals surface area contributed by atoms with Gasteiger partial charge < -0.3 is 5.11 Å². The van der Waals surface area contributed by atoms with Gasteiger partial charge in [-0.1, -0.05) is 18.2 Å². The second-order valence-electron chi connectivity index (χ2n) is 2.30. The van der Waals surface area contributed by atoms with E-state index in [0.29, 0.717) is 5.75 Å². The van der Waals surface area contributed by atoms with Crippen molar-refractivity contribution in [3.8, 4) is 5.75 Å². The topological polar surface area (TPSA) is 20.2 Å². The lowest BCUT2D eigenvalue weighted by Gasteiger charge is -1.96. The molecular weight excluding hydrogens is 175 g/mol. The number of hydrogen-bond donors (Lipinski definition) is 2. The van der Waals surface area contributed by atoms with E-state index in [1.165, 1.54) is 12.1 Å². The van der Waals surface area contributed by atoms with Crippen LogP contribution in [0.3, 0.4) is 0 Å². The van der Waals surface area contributed by atoms with Crippen molar-refractivity contribution in [1.82, 2.24) is 0 Å². The molecule has 0 aliphatic rings. The minimum atomic E-state index is -0.599. The first-order chi connectivity index (χ1) is 5.74. The monoisotopic (exact) mass is 184 g/mol. The Kier molecular flexibility index (Phi) is 3.17. The summed E-state index contributed by atoms with van der Waals surface area (Å²) in [6, 6.07) is 4.19.